The SMILES string of the molecule is CC(C)(C)OC(=O)CN(Cc1cccc(C(F)(F)F)c1)S(=O)(=O)c1ccc(-c2ccc(-c3c(Cc4ccccc4)oc4ccccc34)cc2)cc1. The number of halogens is 3. The van der Waals surface area contributed by atoms with E-state index in [1.165, 1.54) is 24.3 Å². The highest BCUT2D eigenvalue weighted by Crippen LogP contribution is 2.37. The average Bonchev–Trinajstić information content (AvgIpc) is 3.45. The number of esters is 1. The van der Waals surface area contributed by atoms with Gasteiger partial charge in [0.25, 0.3) is 0 Å². The van der Waals surface area contributed by atoms with Crippen molar-refractivity contribution in [1.29, 1.82) is 0 Å². The molecule has 0 fully saturated rings. The number of carbonyl (C=O) groups is 1. The van der Waals surface area contributed by atoms with E-state index >= 15 is 0 Å². The summed E-state index contributed by atoms with van der Waals surface area (Å²) in [5.74, 6) is 0.0258. The van der Waals surface area contributed by atoms with Gasteiger partial charge in [-0.1, -0.05) is 103 Å². The molecule has 0 aliphatic rings. The number of para-hydroxylation sites is 1. The normalized spacial score (nSPS) is 12.4. The van der Waals surface area contributed by atoms with Gasteiger partial charge in [0.2, 0.25) is 10.0 Å². The molecule has 0 aliphatic carbocycles. The second-order valence-electron chi connectivity index (χ2n) is 13.2. The van der Waals surface area contributed by atoms with Crippen LogP contribution in [-0.4, -0.2) is 30.8 Å². The third-order valence-corrected chi connectivity index (χ3v) is 10.0. The fourth-order valence-electron chi connectivity index (χ4n) is 5.91. The Morgan fingerprint density at radius 1 is 0.725 bits per heavy atom. The van der Waals surface area contributed by atoms with Gasteiger partial charge in [-0.05, 0) is 72.9 Å². The lowest BCUT2D eigenvalue weighted by Crippen LogP contribution is -2.38. The number of fused-ring (bicyclic) bond motifs is 1. The predicted molar refractivity (Wildman–Crippen MR) is 191 cm³/mol. The van der Waals surface area contributed by atoms with Crippen molar-refractivity contribution in [3.63, 3.8) is 0 Å². The summed E-state index contributed by atoms with van der Waals surface area (Å²) in [5.41, 5.74) is 3.76. The molecule has 5 aromatic carbocycles. The van der Waals surface area contributed by atoms with Crippen LogP contribution in [-0.2, 0) is 38.7 Å². The first-order valence-electron chi connectivity index (χ1n) is 16.3. The number of rotatable bonds is 10. The summed E-state index contributed by atoms with van der Waals surface area (Å²) in [5, 5.41) is 1.01. The lowest BCUT2D eigenvalue weighted by Gasteiger charge is -2.25. The Kier molecular flexibility index (Phi) is 9.92. The molecule has 0 unspecified atom stereocenters. The molecule has 0 aliphatic heterocycles. The van der Waals surface area contributed by atoms with Crippen molar-refractivity contribution in [2.45, 2.75) is 50.4 Å². The van der Waals surface area contributed by atoms with Gasteiger partial charge in [-0.15, -0.1) is 0 Å². The Morgan fingerprint density at radius 3 is 1.96 bits per heavy atom. The van der Waals surface area contributed by atoms with Crippen LogP contribution >= 0.6 is 0 Å². The average molecular weight is 712 g/mol. The van der Waals surface area contributed by atoms with Crippen LogP contribution in [0.5, 0.6) is 0 Å². The third-order valence-electron chi connectivity index (χ3n) is 8.21. The Morgan fingerprint density at radius 2 is 1.31 bits per heavy atom. The van der Waals surface area contributed by atoms with Crippen LogP contribution in [0.1, 0.15) is 43.2 Å². The third kappa shape index (κ3) is 8.41. The zero-order valence-corrected chi connectivity index (χ0v) is 29.1. The van der Waals surface area contributed by atoms with Gasteiger partial charge in [0.05, 0.1) is 10.5 Å². The van der Waals surface area contributed by atoms with Gasteiger partial charge in [0.1, 0.15) is 23.5 Å². The molecule has 6 rings (SSSR count). The Balaban J connectivity index is 1.27. The molecule has 0 saturated heterocycles. The predicted octanol–water partition coefficient (Wildman–Crippen LogP) is 9.91. The van der Waals surface area contributed by atoms with Crippen LogP contribution in [0, 0.1) is 0 Å². The molecule has 51 heavy (non-hydrogen) atoms. The summed E-state index contributed by atoms with van der Waals surface area (Å²) in [4.78, 5) is 12.7. The quantitative estimate of drug-likeness (QED) is 0.132. The highest BCUT2D eigenvalue weighted by molar-refractivity contribution is 7.89. The van der Waals surface area contributed by atoms with Gasteiger partial charge < -0.3 is 9.15 Å². The summed E-state index contributed by atoms with van der Waals surface area (Å²) in [6.45, 7) is 3.77. The molecule has 6 nitrogen and oxygen atoms in total. The van der Waals surface area contributed by atoms with Crippen molar-refractivity contribution in [3.05, 3.63) is 150 Å². The number of carbonyl (C=O) groups excluding carboxylic acids is 1. The minimum Gasteiger partial charge on any atom is -0.460 e. The lowest BCUT2D eigenvalue weighted by molar-refractivity contribution is -0.155. The van der Waals surface area contributed by atoms with Crippen LogP contribution in [0.4, 0.5) is 13.2 Å². The molecule has 0 saturated carbocycles. The fourth-order valence-corrected chi connectivity index (χ4v) is 7.28. The number of furan rings is 1. The van der Waals surface area contributed by atoms with Crippen LogP contribution < -0.4 is 0 Å². The Labute approximate surface area is 295 Å². The molecule has 0 atom stereocenters. The molecule has 0 radical (unpaired) electrons. The van der Waals surface area contributed by atoms with Crippen molar-refractivity contribution in [1.82, 2.24) is 4.31 Å². The number of ether oxygens (including phenoxy) is 1. The van der Waals surface area contributed by atoms with Gasteiger partial charge in [-0.2, -0.15) is 17.5 Å². The van der Waals surface area contributed by atoms with Gasteiger partial charge in [0, 0.05) is 23.9 Å². The topological polar surface area (TPSA) is 76.8 Å². The monoisotopic (exact) mass is 711 g/mol. The molecule has 0 amide bonds. The van der Waals surface area contributed by atoms with Crippen molar-refractivity contribution >= 4 is 27.0 Å². The van der Waals surface area contributed by atoms with Gasteiger partial charge in [-0.3, -0.25) is 4.79 Å². The first kappa shape index (κ1) is 35.6. The van der Waals surface area contributed by atoms with Gasteiger partial charge >= 0.3 is 12.1 Å². The largest absolute Gasteiger partial charge is 0.460 e. The lowest BCUT2D eigenvalue weighted by atomic mass is 9.96. The van der Waals surface area contributed by atoms with Crippen molar-refractivity contribution < 1.29 is 35.5 Å². The minimum absolute atomic E-state index is 0.0750. The van der Waals surface area contributed by atoms with Crippen LogP contribution in [0.2, 0.25) is 0 Å². The second kappa shape index (κ2) is 14.2. The second-order valence-corrected chi connectivity index (χ2v) is 15.2. The Bertz CT molecular complexity index is 2260. The van der Waals surface area contributed by atoms with E-state index in [0.29, 0.717) is 6.42 Å². The van der Waals surface area contributed by atoms with E-state index in [0.717, 1.165) is 61.0 Å². The summed E-state index contributed by atoms with van der Waals surface area (Å²) in [6.07, 6.45) is -3.99. The molecule has 1 heterocycles. The van der Waals surface area contributed by atoms with E-state index in [9.17, 15) is 26.4 Å². The fraction of sp³-hybridized carbons (Fsp3) is 0.195. The van der Waals surface area contributed by atoms with E-state index in [1.807, 2.05) is 66.7 Å². The number of hydrogen-bond acceptors (Lipinski definition) is 5. The van der Waals surface area contributed by atoms with Gasteiger partial charge in [0.15, 0.2) is 0 Å². The maximum Gasteiger partial charge on any atom is 0.416 e. The molecule has 0 N–H and O–H groups in total. The summed E-state index contributed by atoms with van der Waals surface area (Å²) in [7, 11) is -4.34. The number of hydrogen-bond donors (Lipinski definition) is 0. The maximum absolute atomic E-state index is 13.9. The maximum atomic E-state index is 13.9. The minimum atomic E-state index is -4.62. The zero-order valence-electron chi connectivity index (χ0n) is 28.3. The van der Waals surface area contributed by atoms with Crippen molar-refractivity contribution in [2.24, 2.45) is 0 Å². The first-order chi connectivity index (χ1) is 24.2. The number of sulfonamides is 1. The van der Waals surface area contributed by atoms with Crippen LogP contribution in [0.25, 0.3) is 33.2 Å². The van der Waals surface area contributed by atoms with E-state index in [4.69, 9.17) is 9.15 Å². The van der Waals surface area contributed by atoms with E-state index in [-0.39, 0.29) is 10.5 Å². The molecular formula is C41H36F3NO5S. The number of nitrogens with zero attached hydrogens (tertiary/aromatic N) is 1. The first-order valence-corrected chi connectivity index (χ1v) is 17.7. The molecule has 0 bridgehead atoms. The molecule has 1 aromatic heterocycles. The van der Waals surface area contributed by atoms with E-state index in [2.05, 4.69) is 12.1 Å². The van der Waals surface area contributed by atoms with E-state index < -0.39 is 46.4 Å². The van der Waals surface area contributed by atoms with Crippen molar-refractivity contribution in [2.75, 3.05) is 6.54 Å². The summed E-state index contributed by atoms with van der Waals surface area (Å²) < 4.78 is 80.6. The molecule has 262 valence electrons. The molecule has 6 aromatic rings. The highest BCUT2D eigenvalue weighted by atomic mass is 32.2. The standard InChI is InChI=1S/C41H36F3NO5S/c1-40(2,3)50-38(46)27-45(26-29-12-9-13-33(24-29)41(42,43)44)51(47,48)34-22-20-31(21-23-34)30-16-18-32(19-17-30)39-35-14-7-8-15-36(35)49-37(39)25-28-10-5-4-6-11-28/h4-24H,25-27H2,1-3H3. The van der Waals surface area contributed by atoms with Crippen LogP contribution in [0.3, 0.4) is 0 Å². The number of alkyl halides is 3. The number of benzene rings is 5. The van der Waals surface area contributed by atoms with Crippen LogP contribution in [0.15, 0.2) is 137 Å². The summed E-state index contributed by atoms with van der Waals surface area (Å²) >= 11 is 0. The molecule has 0 spiro atoms. The zero-order chi connectivity index (χ0) is 36.4. The summed E-state index contributed by atoms with van der Waals surface area (Å²) in [6, 6.07) is 36.5. The smallest absolute Gasteiger partial charge is 0.416 e. The molecular weight excluding hydrogens is 676 g/mol. The van der Waals surface area contributed by atoms with Crippen molar-refractivity contribution in [3.8, 4) is 22.3 Å². The van der Waals surface area contributed by atoms with E-state index in [1.54, 1.807) is 32.9 Å². The molecule has 10 heteroatoms. The van der Waals surface area contributed by atoms with Gasteiger partial charge in [-0.25, -0.2) is 8.42 Å². The Hall–Kier alpha value is -5.19. The highest BCUT2D eigenvalue weighted by Gasteiger charge is 2.32.